The number of hydrogen-bond acceptors (Lipinski definition) is 4. The summed E-state index contributed by atoms with van der Waals surface area (Å²) < 4.78 is 4.98. The molecule has 120 valence electrons. The fraction of sp³-hybridized carbons (Fsp3) is 0.857. The van der Waals surface area contributed by atoms with Crippen molar-refractivity contribution < 1.29 is 14.3 Å². The largest absolute Gasteiger partial charge is 0.465 e. The molecule has 0 saturated carbocycles. The molecule has 2 atom stereocenters. The molecule has 0 bridgehead atoms. The smallest absolute Gasteiger partial charge is 0.320 e. The van der Waals surface area contributed by atoms with Gasteiger partial charge in [-0.1, -0.05) is 41.0 Å². The Kier molecular flexibility index (Phi) is 7.82. The van der Waals surface area contributed by atoms with Gasteiger partial charge in [0.15, 0.2) is 0 Å². The van der Waals surface area contributed by atoms with Gasteiger partial charge in [0.05, 0.1) is 6.61 Å². The maximum absolute atomic E-state index is 12.5. The zero-order valence-corrected chi connectivity index (χ0v) is 14.5. The summed E-state index contributed by atoms with van der Waals surface area (Å²) in [4.78, 5) is 27.4. The van der Waals surface area contributed by atoms with Crippen LogP contribution in [-0.4, -0.2) is 29.0 Å². The molecule has 0 aliphatic rings. The molecule has 0 fully saturated rings. The summed E-state index contributed by atoms with van der Waals surface area (Å²) in [5.74, 6) is -1.39. The number of hydrogen-bond donors (Lipinski definition) is 0. The highest BCUT2D eigenvalue weighted by molar-refractivity contribution is 8.00. The van der Waals surface area contributed by atoms with Crippen LogP contribution in [0.4, 0.5) is 0 Å². The van der Waals surface area contributed by atoms with E-state index >= 15 is 0 Å². The molecule has 0 aromatic carbocycles. The number of thioether (sulfide) groups is 1. The lowest BCUT2D eigenvalue weighted by Crippen LogP contribution is -2.48. The number of esters is 1. The second-order valence-corrected chi connectivity index (χ2v) is 7.70. The third kappa shape index (κ3) is 5.25. The van der Waals surface area contributed by atoms with Crippen LogP contribution >= 0.6 is 11.8 Å². The normalized spacial score (nSPS) is 15.5. The van der Waals surface area contributed by atoms with Gasteiger partial charge in [-0.2, -0.15) is 11.8 Å². The van der Waals surface area contributed by atoms with Crippen LogP contribution in [0, 0.1) is 11.3 Å². The highest BCUT2D eigenvalue weighted by Crippen LogP contribution is 2.40. The van der Waals surface area contributed by atoms with E-state index in [1.165, 1.54) is 11.8 Å². The van der Waals surface area contributed by atoms with Crippen LogP contribution in [0.25, 0.3) is 10.4 Å². The summed E-state index contributed by atoms with van der Waals surface area (Å²) in [5, 5.41) is 3.20. The van der Waals surface area contributed by atoms with Gasteiger partial charge in [-0.25, -0.2) is 0 Å². The highest BCUT2D eigenvalue weighted by Gasteiger charge is 2.50. The SMILES string of the molecule is CCOC(=O)[C@@](CSC(C)(C)C)(C(=O)N=[N+]=[N-])C(C)CC. The first kappa shape index (κ1) is 19.8. The van der Waals surface area contributed by atoms with Gasteiger partial charge >= 0.3 is 5.97 Å². The third-order valence-corrected chi connectivity index (χ3v) is 4.81. The van der Waals surface area contributed by atoms with Gasteiger partial charge in [0.1, 0.15) is 5.41 Å². The number of nitrogens with zero attached hydrogens (tertiary/aromatic N) is 3. The molecule has 7 heteroatoms. The van der Waals surface area contributed by atoms with Crippen molar-refractivity contribution in [3.05, 3.63) is 10.4 Å². The number of carbonyl (C=O) groups is 2. The van der Waals surface area contributed by atoms with Crippen LogP contribution in [0.15, 0.2) is 5.11 Å². The molecule has 0 heterocycles. The van der Waals surface area contributed by atoms with Crippen molar-refractivity contribution in [3.63, 3.8) is 0 Å². The predicted molar refractivity (Wildman–Crippen MR) is 84.9 cm³/mol. The maximum atomic E-state index is 12.5. The summed E-state index contributed by atoms with van der Waals surface area (Å²) in [5.41, 5.74) is 7.15. The third-order valence-electron chi connectivity index (χ3n) is 3.34. The van der Waals surface area contributed by atoms with Gasteiger partial charge in [0, 0.05) is 15.4 Å². The topological polar surface area (TPSA) is 92.1 Å². The molecule has 6 nitrogen and oxygen atoms in total. The Hall–Kier alpha value is -1.20. The Balaban J connectivity index is 5.77. The van der Waals surface area contributed by atoms with E-state index in [0.717, 1.165) is 0 Å². The van der Waals surface area contributed by atoms with Crippen molar-refractivity contribution in [1.29, 1.82) is 0 Å². The first-order chi connectivity index (χ1) is 9.65. The van der Waals surface area contributed by atoms with Crippen molar-refractivity contribution in [1.82, 2.24) is 0 Å². The van der Waals surface area contributed by atoms with Gasteiger partial charge < -0.3 is 4.74 Å². The highest BCUT2D eigenvalue weighted by atomic mass is 32.2. The summed E-state index contributed by atoms with van der Waals surface area (Å²) in [6.07, 6.45) is 0.607. The monoisotopic (exact) mass is 315 g/mol. The molecule has 0 spiro atoms. The second-order valence-electron chi connectivity index (χ2n) is 5.90. The van der Waals surface area contributed by atoms with E-state index in [2.05, 4.69) is 10.0 Å². The molecule has 0 aromatic rings. The number of ether oxygens (including phenoxy) is 1. The van der Waals surface area contributed by atoms with Crippen LogP contribution in [0.5, 0.6) is 0 Å². The Morgan fingerprint density at radius 3 is 2.29 bits per heavy atom. The van der Waals surface area contributed by atoms with E-state index in [0.29, 0.717) is 6.42 Å². The molecule has 0 radical (unpaired) electrons. The maximum Gasteiger partial charge on any atom is 0.320 e. The van der Waals surface area contributed by atoms with E-state index in [-0.39, 0.29) is 23.0 Å². The van der Waals surface area contributed by atoms with E-state index in [1.54, 1.807) is 6.92 Å². The number of amides is 1. The van der Waals surface area contributed by atoms with Gasteiger partial charge in [-0.05, 0) is 23.5 Å². The van der Waals surface area contributed by atoms with Crippen LogP contribution in [0.2, 0.25) is 0 Å². The van der Waals surface area contributed by atoms with E-state index in [9.17, 15) is 9.59 Å². The summed E-state index contributed by atoms with van der Waals surface area (Å²) in [7, 11) is 0. The minimum absolute atomic E-state index is 0.123. The lowest BCUT2D eigenvalue weighted by molar-refractivity contribution is -0.161. The molecule has 21 heavy (non-hydrogen) atoms. The Morgan fingerprint density at radius 2 is 1.90 bits per heavy atom. The summed E-state index contributed by atoms with van der Waals surface area (Å²) in [6, 6.07) is 0. The molecular formula is C14H25N3O3S. The Morgan fingerprint density at radius 1 is 1.33 bits per heavy atom. The van der Waals surface area contributed by atoms with Crippen molar-refractivity contribution in [2.75, 3.05) is 12.4 Å². The molecule has 0 N–H and O–H groups in total. The zero-order valence-electron chi connectivity index (χ0n) is 13.7. The minimum atomic E-state index is -1.42. The number of azide groups is 1. The molecule has 0 aliphatic heterocycles. The average molecular weight is 315 g/mol. The van der Waals surface area contributed by atoms with Crippen LogP contribution < -0.4 is 0 Å². The van der Waals surface area contributed by atoms with Crippen LogP contribution in [0.1, 0.15) is 48.0 Å². The van der Waals surface area contributed by atoms with Crippen LogP contribution in [-0.2, 0) is 14.3 Å². The quantitative estimate of drug-likeness (QED) is 0.234. The average Bonchev–Trinajstić information content (AvgIpc) is 2.38. The number of rotatable bonds is 7. The van der Waals surface area contributed by atoms with Crippen LogP contribution in [0.3, 0.4) is 0 Å². The fourth-order valence-electron chi connectivity index (χ4n) is 1.83. The van der Waals surface area contributed by atoms with E-state index < -0.39 is 17.3 Å². The fourth-order valence-corrected chi connectivity index (χ4v) is 3.02. The lowest BCUT2D eigenvalue weighted by Gasteiger charge is -2.35. The predicted octanol–water partition coefficient (Wildman–Crippen LogP) is 3.95. The molecule has 0 aromatic heterocycles. The Labute approximate surface area is 130 Å². The minimum Gasteiger partial charge on any atom is -0.465 e. The molecule has 0 aliphatic carbocycles. The van der Waals surface area contributed by atoms with Crippen molar-refractivity contribution in [2.45, 2.75) is 52.7 Å². The first-order valence-electron chi connectivity index (χ1n) is 7.06. The zero-order chi connectivity index (χ0) is 16.7. The molecular weight excluding hydrogens is 290 g/mol. The summed E-state index contributed by atoms with van der Waals surface area (Å²) in [6.45, 7) is 11.6. The standard InChI is InChI=1S/C14H25N3O3S/c1-7-10(3)14(11(18)16-17-15,12(19)20-8-2)9-21-13(4,5)6/h10H,7-9H2,1-6H3/t10?,14-/m1/s1. The van der Waals surface area contributed by atoms with Gasteiger partial charge in [0.25, 0.3) is 0 Å². The molecule has 1 amide bonds. The van der Waals surface area contributed by atoms with Crippen molar-refractivity contribution in [3.8, 4) is 0 Å². The van der Waals surface area contributed by atoms with Crippen molar-refractivity contribution >= 4 is 23.6 Å². The van der Waals surface area contributed by atoms with Gasteiger partial charge in [-0.15, -0.1) is 0 Å². The lowest BCUT2D eigenvalue weighted by atomic mass is 9.75. The second kappa shape index (κ2) is 8.29. The summed E-state index contributed by atoms with van der Waals surface area (Å²) >= 11 is 1.49. The van der Waals surface area contributed by atoms with Gasteiger partial charge in [0.2, 0.25) is 5.91 Å². The molecule has 1 unspecified atom stereocenters. The van der Waals surface area contributed by atoms with E-state index in [4.69, 9.17) is 10.3 Å². The Bertz CT molecular complexity index is 428. The van der Waals surface area contributed by atoms with Gasteiger partial charge in [-0.3, -0.25) is 9.59 Å². The molecule has 0 rings (SSSR count). The number of carbonyl (C=O) groups excluding carboxylic acids is 2. The van der Waals surface area contributed by atoms with Crippen molar-refractivity contribution in [2.24, 2.45) is 16.4 Å². The molecule has 0 saturated heterocycles. The van der Waals surface area contributed by atoms with E-state index in [1.807, 2.05) is 34.6 Å². The first-order valence-corrected chi connectivity index (χ1v) is 8.05.